The van der Waals surface area contributed by atoms with E-state index in [1.54, 1.807) is 12.1 Å². The standard InChI is InChI=1S/C19H28N4O3/c1-14-16(6-2-8-18(14)23(25)26)13-22-10-4-5-15(12-22)11-21-19(24)17-7-3-9-20-17/h2,6,8,15,17,20H,3-5,7,9-13H2,1H3,(H,21,24). The van der Waals surface area contributed by atoms with Crippen LogP contribution >= 0.6 is 0 Å². The van der Waals surface area contributed by atoms with E-state index < -0.39 is 0 Å². The van der Waals surface area contributed by atoms with Gasteiger partial charge in [0.2, 0.25) is 5.91 Å². The van der Waals surface area contributed by atoms with Gasteiger partial charge in [0.1, 0.15) is 0 Å². The molecule has 2 N–H and O–H groups in total. The van der Waals surface area contributed by atoms with Crippen LogP contribution in [0.25, 0.3) is 0 Å². The van der Waals surface area contributed by atoms with Gasteiger partial charge in [-0.3, -0.25) is 19.8 Å². The minimum absolute atomic E-state index is 0.0257. The summed E-state index contributed by atoms with van der Waals surface area (Å²) in [6.45, 7) is 6.10. The van der Waals surface area contributed by atoms with Crippen LogP contribution in [0.1, 0.15) is 36.8 Å². The Labute approximate surface area is 154 Å². The molecule has 2 aliphatic rings. The highest BCUT2D eigenvalue weighted by atomic mass is 16.6. The van der Waals surface area contributed by atoms with Crippen molar-refractivity contribution in [1.82, 2.24) is 15.5 Å². The number of carbonyl (C=O) groups excluding carboxylic acids is 1. The predicted octanol–water partition coefficient (Wildman–Crippen LogP) is 1.98. The van der Waals surface area contributed by atoms with Gasteiger partial charge in [0, 0.05) is 31.3 Å². The van der Waals surface area contributed by atoms with Gasteiger partial charge in [0.25, 0.3) is 5.69 Å². The molecule has 142 valence electrons. The Morgan fingerprint density at radius 1 is 1.38 bits per heavy atom. The molecule has 0 radical (unpaired) electrons. The zero-order chi connectivity index (χ0) is 18.5. The van der Waals surface area contributed by atoms with E-state index in [4.69, 9.17) is 0 Å². The maximum Gasteiger partial charge on any atom is 0.272 e. The van der Waals surface area contributed by atoms with Crippen molar-refractivity contribution in [3.8, 4) is 0 Å². The van der Waals surface area contributed by atoms with E-state index >= 15 is 0 Å². The summed E-state index contributed by atoms with van der Waals surface area (Å²) in [5.41, 5.74) is 1.95. The molecule has 7 heteroatoms. The summed E-state index contributed by atoms with van der Waals surface area (Å²) in [7, 11) is 0. The number of nitrogens with zero attached hydrogens (tertiary/aromatic N) is 2. The number of piperidine rings is 1. The van der Waals surface area contributed by atoms with Gasteiger partial charge in [0.15, 0.2) is 0 Å². The minimum atomic E-state index is -0.315. The number of nitrogens with one attached hydrogen (secondary N) is 2. The van der Waals surface area contributed by atoms with Crippen LogP contribution in [0.15, 0.2) is 18.2 Å². The third-order valence-corrected chi connectivity index (χ3v) is 5.55. The summed E-state index contributed by atoms with van der Waals surface area (Å²) in [6, 6.07) is 5.27. The lowest BCUT2D eigenvalue weighted by Crippen LogP contribution is -2.45. The van der Waals surface area contributed by atoms with Crippen LogP contribution in [0.5, 0.6) is 0 Å². The molecule has 2 fully saturated rings. The van der Waals surface area contributed by atoms with Crippen molar-refractivity contribution in [3.63, 3.8) is 0 Å². The van der Waals surface area contributed by atoms with E-state index in [0.717, 1.165) is 63.0 Å². The van der Waals surface area contributed by atoms with Crippen LogP contribution in [-0.2, 0) is 11.3 Å². The van der Waals surface area contributed by atoms with Crippen molar-refractivity contribution in [3.05, 3.63) is 39.4 Å². The van der Waals surface area contributed by atoms with Crippen molar-refractivity contribution in [2.24, 2.45) is 5.92 Å². The summed E-state index contributed by atoms with van der Waals surface area (Å²) < 4.78 is 0. The largest absolute Gasteiger partial charge is 0.354 e. The summed E-state index contributed by atoms with van der Waals surface area (Å²) in [6.07, 6.45) is 4.20. The number of rotatable bonds is 6. The molecule has 1 aromatic rings. The molecule has 2 aliphatic heterocycles. The molecule has 0 saturated carbocycles. The van der Waals surface area contributed by atoms with Crippen LogP contribution < -0.4 is 10.6 Å². The number of amides is 1. The second-order valence-corrected chi connectivity index (χ2v) is 7.46. The van der Waals surface area contributed by atoms with Gasteiger partial charge in [-0.25, -0.2) is 0 Å². The predicted molar refractivity (Wildman–Crippen MR) is 99.9 cm³/mol. The Morgan fingerprint density at radius 2 is 2.23 bits per heavy atom. The zero-order valence-corrected chi connectivity index (χ0v) is 15.4. The maximum absolute atomic E-state index is 12.2. The lowest BCUT2D eigenvalue weighted by atomic mass is 9.96. The highest BCUT2D eigenvalue weighted by Gasteiger charge is 2.25. The quantitative estimate of drug-likeness (QED) is 0.598. The maximum atomic E-state index is 12.2. The summed E-state index contributed by atoms with van der Waals surface area (Å²) >= 11 is 0. The second-order valence-electron chi connectivity index (χ2n) is 7.46. The molecule has 0 aliphatic carbocycles. The zero-order valence-electron chi connectivity index (χ0n) is 15.4. The molecule has 2 saturated heterocycles. The van der Waals surface area contributed by atoms with Gasteiger partial charge in [-0.1, -0.05) is 12.1 Å². The highest BCUT2D eigenvalue weighted by Crippen LogP contribution is 2.24. The first-order valence-electron chi connectivity index (χ1n) is 9.51. The number of hydrogen-bond donors (Lipinski definition) is 2. The molecule has 3 rings (SSSR count). The van der Waals surface area contributed by atoms with Crippen LogP contribution in [0.2, 0.25) is 0 Å². The van der Waals surface area contributed by atoms with Gasteiger partial charge < -0.3 is 10.6 Å². The van der Waals surface area contributed by atoms with Crippen LogP contribution in [0, 0.1) is 23.0 Å². The molecule has 2 atom stereocenters. The molecule has 2 heterocycles. The molecular formula is C19H28N4O3. The van der Waals surface area contributed by atoms with Crippen molar-refractivity contribution in [2.45, 2.75) is 45.2 Å². The number of nitro groups is 1. The fraction of sp³-hybridized carbons (Fsp3) is 0.632. The van der Waals surface area contributed by atoms with E-state index in [1.165, 1.54) is 0 Å². The number of likely N-dealkylation sites (tertiary alicyclic amines) is 1. The lowest BCUT2D eigenvalue weighted by molar-refractivity contribution is -0.385. The van der Waals surface area contributed by atoms with E-state index in [9.17, 15) is 14.9 Å². The molecular weight excluding hydrogens is 332 g/mol. The van der Waals surface area contributed by atoms with E-state index in [0.29, 0.717) is 12.5 Å². The monoisotopic (exact) mass is 360 g/mol. The average molecular weight is 360 g/mol. The Morgan fingerprint density at radius 3 is 2.96 bits per heavy atom. The van der Waals surface area contributed by atoms with Crippen LogP contribution in [-0.4, -0.2) is 48.0 Å². The summed E-state index contributed by atoms with van der Waals surface area (Å²) in [5, 5.41) is 17.4. The highest BCUT2D eigenvalue weighted by molar-refractivity contribution is 5.81. The first kappa shape index (κ1) is 18.8. The third kappa shape index (κ3) is 4.59. The molecule has 26 heavy (non-hydrogen) atoms. The van der Waals surface area contributed by atoms with E-state index in [1.807, 2.05) is 13.0 Å². The van der Waals surface area contributed by atoms with Crippen molar-refractivity contribution < 1.29 is 9.72 Å². The first-order chi connectivity index (χ1) is 12.5. The van der Waals surface area contributed by atoms with Gasteiger partial charge in [-0.05, 0) is 57.2 Å². The van der Waals surface area contributed by atoms with Crippen molar-refractivity contribution >= 4 is 11.6 Å². The smallest absolute Gasteiger partial charge is 0.272 e. The Balaban J connectivity index is 1.53. The van der Waals surface area contributed by atoms with Gasteiger partial charge in [-0.2, -0.15) is 0 Å². The second kappa shape index (κ2) is 8.60. The molecule has 1 aromatic carbocycles. The third-order valence-electron chi connectivity index (χ3n) is 5.55. The minimum Gasteiger partial charge on any atom is -0.354 e. The Hall–Kier alpha value is -1.99. The average Bonchev–Trinajstić information content (AvgIpc) is 3.16. The SMILES string of the molecule is Cc1c(CN2CCCC(CNC(=O)C3CCCN3)C2)cccc1[N+](=O)[O-]. The van der Waals surface area contributed by atoms with Crippen molar-refractivity contribution in [1.29, 1.82) is 0 Å². The summed E-state index contributed by atoms with van der Waals surface area (Å²) in [4.78, 5) is 25.3. The molecule has 7 nitrogen and oxygen atoms in total. The van der Waals surface area contributed by atoms with E-state index in [2.05, 4.69) is 15.5 Å². The van der Waals surface area contributed by atoms with Gasteiger partial charge in [0.05, 0.1) is 11.0 Å². The number of hydrogen-bond acceptors (Lipinski definition) is 5. The molecule has 0 bridgehead atoms. The topological polar surface area (TPSA) is 87.5 Å². The van der Waals surface area contributed by atoms with Crippen LogP contribution in [0.3, 0.4) is 0 Å². The van der Waals surface area contributed by atoms with Gasteiger partial charge in [-0.15, -0.1) is 0 Å². The lowest BCUT2D eigenvalue weighted by Gasteiger charge is -2.33. The summed E-state index contributed by atoms with van der Waals surface area (Å²) in [5.74, 6) is 0.558. The Bertz CT molecular complexity index is 658. The first-order valence-corrected chi connectivity index (χ1v) is 9.51. The van der Waals surface area contributed by atoms with Gasteiger partial charge >= 0.3 is 0 Å². The molecule has 2 unspecified atom stereocenters. The molecule has 0 spiro atoms. The normalized spacial score (nSPS) is 23.7. The van der Waals surface area contributed by atoms with Crippen LogP contribution in [0.4, 0.5) is 5.69 Å². The fourth-order valence-corrected chi connectivity index (χ4v) is 4.02. The number of benzene rings is 1. The van der Waals surface area contributed by atoms with E-state index in [-0.39, 0.29) is 22.6 Å². The number of nitro benzene ring substituents is 1. The Kier molecular flexibility index (Phi) is 6.21. The fourth-order valence-electron chi connectivity index (χ4n) is 4.02. The van der Waals surface area contributed by atoms with Crippen molar-refractivity contribution in [2.75, 3.05) is 26.2 Å². The molecule has 1 amide bonds. The number of carbonyl (C=O) groups is 1. The molecule has 0 aromatic heterocycles.